The van der Waals surface area contributed by atoms with Gasteiger partial charge < -0.3 is 0 Å². The first-order chi connectivity index (χ1) is 8.97. The van der Waals surface area contributed by atoms with Crippen molar-refractivity contribution in [1.29, 1.82) is 0 Å². The highest BCUT2D eigenvalue weighted by Gasteiger charge is 2.26. The van der Waals surface area contributed by atoms with Crippen LogP contribution in [-0.2, 0) is 7.05 Å². The Morgan fingerprint density at radius 1 is 1.42 bits per heavy atom. The summed E-state index contributed by atoms with van der Waals surface area (Å²) in [6.45, 7) is 1.55. The summed E-state index contributed by atoms with van der Waals surface area (Å²) in [4.78, 5) is 0. The molecule has 1 atom stereocenters. The van der Waals surface area contributed by atoms with Gasteiger partial charge in [0.15, 0.2) is 0 Å². The normalized spacial score (nSPS) is 12.7. The third-order valence-corrected chi connectivity index (χ3v) is 3.28. The lowest BCUT2D eigenvalue weighted by Gasteiger charge is -2.19. The average molecular weight is 287 g/mol. The van der Waals surface area contributed by atoms with Crippen molar-refractivity contribution >= 4 is 11.6 Å². The number of benzene rings is 1. The molecule has 2 aromatic rings. The lowest BCUT2D eigenvalue weighted by molar-refractivity contribution is 0.490. The van der Waals surface area contributed by atoms with E-state index in [1.165, 1.54) is 23.0 Å². The molecule has 1 aromatic heterocycles. The van der Waals surface area contributed by atoms with E-state index in [9.17, 15) is 8.78 Å². The van der Waals surface area contributed by atoms with Gasteiger partial charge in [-0.2, -0.15) is 5.10 Å². The fourth-order valence-electron chi connectivity index (χ4n) is 1.99. The zero-order chi connectivity index (χ0) is 14.2. The molecule has 19 heavy (non-hydrogen) atoms. The van der Waals surface area contributed by atoms with Crippen molar-refractivity contribution in [3.63, 3.8) is 0 Å². The van der Waals surface area contributed by atoms with E-state index >= 15 is 0 Å². The topological polar surface area (TPSA) is 55.9 Å². The maximum absolute atomic E-state index is 14.1. The lowest BCUT2D eigenvalue weighted by atomic mass is 10.0. The number of aryl methyl sites for hydroxylation is 2. The summed E-state index contributed by atoms with van der Waals surface area (Å²) >= 11 is 5.99. The fraction of sp³-hybridized carbons (Fsp3) is 0.250. The van der Waals surface area contributed by atoms with Crippen LogP contribution >= 0.6 is 11.6 Å². The molecule has 0 saturated heterocycles. The zero-order valence-corrected chi connectivity index (χ0v) is 11.2. The van der Waals surface area contributed by atoms with Gasteiger partial charge >= 0.3 is 0 Å². The minimum absolute atomic E-state index is 0.173. The number of hydrogen-bond donors (Lipinski definition) is 2. The van der Waals surface area contributed by atoms with Gasteiger partial charge in [-0.25, -0.2) is 14.2 Å². The van der Waals surface area contributed by atoms with Crippen LogP contribution in [0.5, 0.6) is 0 Å². The third kappa shape index (κ3) is 2.34. The summed E-state index contributed by atoms with van der Waals surface area (Å²) in [7, 11) is 1.62. The molecule has 0 aliphatic heterocycles. The predicted molar refractivity (Wildman–Crippen MR) is 68.5 cm³/mol. The standard InChI is InChI=1S/C12H13ClF2N4/c1-6-3-4-8(14)9(10(6)15)11(18-16)12-7(13)5-17-19(12)2/h3-5,11,18H,16H2,1-2H3. The van der Waals surface area contributed by atoms with Crippen molar-refractivity contribution in [2.75, 3.05) is 0 Å². The van der Waals surface area contributed by atoms with Gasteiger partial charge in [0.1, 0.15) is 11.6 Å². The number of rotatable bonds is 3. The highest BCUT2D eigenvalue weighted by atomic mass is 35.5. The maximum atomic E-state index is 14.1. The van der Waals surface area contributed by atoms with Crippen molar-refractivity contribution in [3.05, 3.63) is 51.8 Å². The van der Waals surface area contributed by atoms with E-state index in [4.69, 9.17) is 17.4 Å². The smallest absolute Gasteiger partial charge is 0.134 e. The Morgan fingerprint density at radius 2 is 2.11 bits per heavy atom. The second kappa shape index (κ2) is 5.24. The van der Waals surface area contributed by atoms with Gasteiger partial charge in [-0.3, -0.25) is 10.5 Å². The predicted octanol–water partition coefficient (Wildman–Crippen LogP) is 2.21. The van der Waals surface area contributed by atoms with E-state index in [1.807, 2.05) is 0 Å². The first-order valence-corrected chi connectivity index (χ1v) is 5.93. The number of halogens is 3. The number of hydrogen-bond acceptors (Lipinski definition) is 3. The minimum Gasteiger partial charge on any atom is -0.271 e. The Hall–Kier alpha value is -1.50. The highest BCUT2D eigenvalue weighted by Crippen LogP contribution is 2.31. The number of aromatic nitrogens is 2. The van der Waals surface area contributed by atoms with Crippen LogP contribution in [0.3, 0.4) is 0 Å². The van der Waals surface area contributed by atoms with E-state index in [0.29, 0.717) is 11.3 Å². The summed E-state index contributed by atoms with van der Waals surface area (Å²) in [5, 5.41) is 4.22. The van der Waals surface area contributed by atoms with Gasteiger partial charge in [0.2, 0.25) is 0 Å². The molecule has 3 N–H and O–H groups in total. The van der Waals surface area contributed by atoms with Crippen LogP contribution < -0.4 is 11.3 Å². The van der Waals surface area contributed by atoms with E-state index in [0.717, 1.165) is 0 Å². The van der Waals surface area contributed by atoms with E-state index in [-0.39, 0.29) is 10.6 Å². The number of nitrogens with one attached hydrogen (secondary N) is 1. The second-order valence-corrected chi connectivity index (χ2v) is 4.60. The molecule has 2 rings (SSSR count). The summed E-state index contributed by atoms with van der Waals surface area (Å²) < 4.78 is 29.5. The van der Waals surface area contributed by atoms with Crippen LogP contribution in [0.1, 0.15) is 22.9 Å². The highest BCUT2D eigenvalue weighted by molar-refractivity contribution is 6.31. The monoisotopic (exact) mass is 286 g/mol. The molecule has 0 aliphatic carbocycles. The van der Waals surface area contributed by atoms with Crippen LogP contribution in [0.4, 0.5) is 8.78 Å². The number of hydrazine groups is 1. The Bertz CT molecular complexity index is 593. The molecule has 7 heteroatoms. The van der Waals surface area contributed by atoms with E-state index < -0.39 is 17.7 Å². The molecule has 0 bridgehead atoms. The van der Waals surface area contributed by atoms with Crippen LogP contribution in [-0.4, -0.2) is 9.78 Å². The van der Waals surface area contributed by atoms with Gasteiger partial charge in [-0.05, 0) is 18.6 Å². The molecule has 0 amide bonds. The van der Waals surface area contributed by atoms with E-state index in [1.54, 1.807) is 14.0 Å². The molecule has 0 spiro atoms. The molecular weight excluding hydrogens is 274 g/mol. The lowest BCUT2D eigenvalue weighted by Crippen LogP contribution is -2.32. The first-order valence-electron chi connectivity index (χ1n) is 5.55. The Morgan fingerprint density at radius 3 is 2.63 bits per heavy atom. The minimum atomic E-state index is -0.917. The van der Waals surface area contributed by atoms with Crippen LogP contribution in [0.25, 0.3) is 0 Å². The van der Waals surface area contributed by atoms with Crippen molar-refractivity contribution < 1.29 is 8.78 Å². The molecule has 0 saturated carbocycles. The largest absolute Gasteiger partial charge is 0.271 e. The quantitative estimate of drug-likeness (QED) is 0.672. The van der Waals surface area contributed by atoms with Crippen molar-refractivity contribution in [1.82, 2.24) is 15.2 Å². The van der Waals surface area contributed by atoms with Gasteiger partial charge in [0, 0.05) is 12.6 Å². The van der Waals surface area contributed by atoms with Crippen LogP contribution in [0.2, 0.25) is 5.02 Å². The summed E-state index contributed by atoms with van der Waals surface area (Å²) in [5.41, 5.74) is 2.94. The SMILES string of the molecule is Cc1ccc(F)c(C(NN)c2c(Cl)cnn2C)c1F. The summed E-state index contributed by atoms with van der Waals surface area (Å²) in [5.74, 6) is 4.09. The van der Waals surface area contributed by atoms with E-state index in [2.05, 4.69) is 10.5 Å². The van der Waals surface area contributed by atoms with Crippen molar-refractivity contribution in [2.24, 2.45) is 12.9 Å². The van der Waals surface area contributed by atoms with Crippen LogP contribution in [0.15, 0.2) is 18.3 Å². The molecule has 4 nitrogen and oxygen atoms in total. The number of nitrogens with two attached hydrogens (primary N) is 1. The third-order valence-electron chi connectivity index (χ3n) is 2.99. The molecule has 0 radical (unpaired) electrons. The number of nitrogens with zero attached hydrogens (tertiary/aromatic N) is 2. The molecule has 1 aromatic carbocycles. The van der Waals surface area contributed by atoms with Gasteiger partial charge in [0.25, 0.3) is 0 Å². The van der Waals surface area contributed by atoms with Crippen LogP contribution in [0, 0.1) is 18.6 Å². The molecule has 1 heterocycles. The molecule has 0 aliphatic rings. The zero-order valence-electron chi connectivity index (χ0n) is 10.4. The van der Waals surface area contributed by atoms with Crippen molar-refractivity contribution in [2.45, 2.75) is 13.0 Å². The fourth-order valence-corrected chi connectivity index (χ4v) is 2.26. The first kappa shape index (κ1) is 13.9. The maximum Gasteiger partial charge on any atom is 0.134 e. The van der Waals surface area contributed by atoms with Gasteiger partial charge in [-0.15, -0.1) is 0 Å². The van der Waals surface area contributed by atoms with Gasteiger partial charge in [-0.1, -0.05) is 17.7 Å². The Labute approximate surface area is 114 Å². The summed E-state index contributed by atoms with van der Waals surface area (Å²) in [6, 6.07) is 1.65. The molecule has 1 unspecified atom stereocenters. The second-order valence-electron chi connectivity index (χ2n) is 4.19. The Balaban J connectivity index is 2.64. The van der Waals surface area contributed by atoms with Gasteiger partial charge in [0.05, 0.1) is 23.0 Å². The molecule has 0 fully saturated rings. The Kier molecular flexibility index (Phi) is 3.84. The van der Waals surface area contributed by atoms with Crippen molar-refractivity contribution in [3.8, 4) is 0 Å². The molecular formula is C12H13ClF2N4. The molecule has 102 valence electrons. The summed E-state index contributed by atoms with van der Waals surface area (Å²) in [6.07, 6.45) is 1.40. The average Bonchev–Trinajstić information content (AvgIpc) is 2.70.